The molecule has 0 spiro atoms. The molecule has 0 saturated carbocycles. The van der Waals surface area contributed by atoms with E-state index < -0.39 is 0 Å². The Morgan fingerprint density at radius 2 is 2.00 bits per heavy atom. The predicted octanol–water partition coefficient (Wildman–Crippen LogP) is 1.93. The lowest BCUT2D eigenvalue weighted by atomic mass is 10.1. The molecule has 1 heterocycles. The van der Waals surface area contributed by atoms with Crippen molar-refractivity contribution in [3.8, 4) is 0 Å². The second-order valence-corrected chi connectivity index (χ2v) is 4.11. The first kappa shape index (κ1) is 12.0. The van der Waals surface area contributed by atoms with Gasteiger partial charge in [-0.2, -0.15) is 10.2 Å². The Labute approximate surface area is 105 Å². The average molecular weight is 242 g/mol. The summed E-state index contributed by atoms with van der Waals surface area (Å²) in [5.41, 5.74) is 9.60. The van der Waals surface area contributed by atoms with Crippen molar-refractivity contribution in [3.63, 3.8) is 0 Å². The number of benzene rings is 1. The molecule has 5 nitrogen and oxygen atoms in total. The largest absolute Gasteiger partial charge is 0.399 e. The van der Waals surface area contributed by atoms with E-state index in [1.165, 1.54) is 12.4 Å². The molecule has 0 aliphatic heterocycles. The van der Waals surface area contributed by atoms with E-state index in [0.717, 1.165) is 22.5 Å². The third-order valence-electron chi connectivity index (χ3n) is 2.71. The van der Waals surface area contributed by atoms with Gasteiger partial charge in [0.1, 0.15) is 0 Å². The van der Waals surface area contributed by atoms with E-state index in [9.17, 15) is 4.79 Å². The van der Waals surface area contributed by atoms with Crippen LogP contribution in [-0.2, 0) is 0 Å². The maximum atomic E-state index is 12.0. The van der Waals surface area contributed by atoms with Crippen LogP contribution >= 0.6 is 0 Å². The maximum Gasteiger partial charge on any atom is 0.257 e. The Bertz CT molecular complexity index is 581. The van der Waals surface area contributed by atoms with Crippen LogP contribution in [0.25, 0.3) is 0 Å². The number of carbonyl (C=O) groups is 1. The van der Waals surface area contributed by atoms with Crippen molar-refractivity contribution in [3.05, 3.63) is 47.3 Å². The number of carbonyl (C=O) groups excluding carboxylic acids is 1. The van der Waals surface area contributed by atoms with E-state index in [-0.39, 0.29) is 5.91 Å². The number of hydrogen-bond donors (Lipinski definition) is 2. The number of nitrogens with two attached hydrogens (primary N) is 1. The molecule has 92 valence electrons. The first-order valence-electron chi connectivity index (χ1n) is 5.52. The van der Waals surface area contributed by atoms with Crippen molar-refractivity contribution < 1.29 is 4.79 Å². The van der Waals surface area contributed by atoms with Crippen LogP contribution in [-0.4, -0.2) is 16.1 Å². The molecule has 1 aromatic carbocycles. The van der Waals surface area contributed by atoms with Crippen molar-refractivity contribution in [2.75, 3.05) is 11.1 Å². The molecule has 0 radical (unpaired) electrons. The Morgan fingerprint density at radius 1 is 1.22 bits per heavy atom. The number of nitrogen functional groups attached to an aromatic ring is 1. The number of anilines is 2. The predicted molar refractivity (Wildman–Crippen MR) is 70.3 cm³/mol. The van der Waals surface area contributed by atoms with Gasteiger partial charge in [0.05, 0.1) is 18.0 Å². The van der Waals surface area contributed by atoms with Gasteiger partial charge >= 0.3 is 0 Å². The van der Waals surface area contributed by atoms with Gasteiger partial charge in [0.25, 0.3) is 5.91 Å². The van der Waals surface area contributed by atoms with Crippen LogP contribution < -0.4 is 11.1 Å². The molecule has 0 aliphatic carbocycles. The molecular weight excluding hydrogens is 228 g/mol. The minimum absolute atomic E-state index is 0.211. The topological polar surface area (TPSA) is 80.9 Å². The van der Waals surface area contributed by atoms with Gasteiger partial charge in [-0.15, -0.1) is 0 Å². The van der Waals surface area contributed by atoms with Crippen LogP contribution in [0.15, 0.2) is 30.6 Å². The highest BCUT2D eigenvalue weighted by molar-refractivity contribution is 6.04. The van der Waals surface area contributed by atoms with Gasteiger partial charge in [0.15, 0.2) is 0 Å². The van der Waals surface area contributed by atoms with Crippen molar-refractivity contribution in [1.82, 2.24) is 10.2 Å². The summed E-state index contributed by atoms with van der Waals surface area (Å²) in [7, 11) is 0. The molecule has 1 aromatic heterocycles. The van der Waals surface area contributed by atoms with Crippen LogP contribution in [0.1, 0.15) is 21.5 Å². The highest BCUT2D eigenvalue weighted by Crippen LogP contribution is 2.22. The summed E-state index contributed by atoms with van der Waals surface area (Å²) in [5, 5.41) is 10.1. The Morgan fingerprint density at radius 3 is 2.67 bits per heavy atom. The van der Waals surface area contributed by atoms with Gasteiger partial charge in [-0.1, -0.05) is 0 Å². The van der Waals surface area contributed by atoms with E-state index in [1.54, 1.807) is 6.07 Å². The van der Waals surface area contributed by atoms with Crippen molar-refractivity contribution in [1.29, 1.82) is 0 Å². The molecular formula is C13H14N4O. The second-order valence-electron chi connectivity index (χ2n) is 4.11. The third-order valence-corrected chi connectivity index (χ3v) is 2.71. The Kier molecular flexibility index (Phi) is 3.23. The first-order valence-corrected chi connectivity index (χ1v) is 5.52. The highest BCUT2D eigenvalue weighted by Gasteiger charge is 2.09. The quantitative estimate of drug-likeness (QED) is 0.788. The number of aryl methyl sites for hydroxylation is 2. The van der Waals surface area contributed by atoms with Gasteiger partial charge in [0.2, 0.25) is 0 Å². The summed E-state index contributed by atoms with van der Waals surface area (Å²) >= 11 is 0. The SMILES string of the molecule is Cc1cc(NC(=O)c2ccnnc2)c(C)cc1N. The molecule has 1 amide bonds. The number of aromatic nitrogens is 2. The number of rotatable bonds is 2. The molecule has 2 aromatic rings. The van der Waals surface area contributed by atoms with Crippen molar-refractivity contribution in [2.45, 2.75) is 13.8 Å². The summed E-state index contributed by atoms with van der Waals surface area (Å²) in [6.45, 7) is 3.80. The van der Waals surface area contributed by atoms with E-state index in [1.807, 2.05) is 26.0 Å². The molecule has 0 unspecified atom stereocenters. The average Bonchev–Trinajstić information content (AvgIpc) is 2.37. The fraction of sp³-hybridized carbons (Fsp3) is 0.154. The molecule has 5 heteroatoms. The van der Waals surface area contributed by atoms with Crippen LogP contribution in [0.4, 0.5) is 11.4 Å². The molecule has 0 atom stereocenters. The van der Waals surface area contributed by atoms with E-state index in [2.05, 4.69) is 15.5 Å². The number of nitrogens with one attached hydrogen (secondary N) is 1. The summed E-state index contributed by atoms with van der Waals surface area (Å²) < 4.78 is 0. The van der Waals surface area contributed by atoms with Crippen molar-refractivity contribution >= 4 is 17.3 Å². The first-order chi connectivity index (χ1) is 8.58. The van der Waals surface area contributed by atoms with Crippen LogP contribution in [0.3, 0.4) is 0 Å². The molecule has 2 rings (SSSR count). The molecule has 0 aliphatic rings. The van der Waals surface area contributed by atoms with E-state index >= 15 is 0 Å². The standard InChI is InChI=1S/C13H14N4O/c1-8-6-12(9(2)5-11(8)14)17-13(18)10-3-4-15-16-7-10/h3-7H,14H2,1-2H3,(H,17,18). The van der Waals surface area contributed by atoms with Gasteiger partial charge in [0, 0.05) is 11.4 Å². The van der Waals surface area contributed by atoms with Crippen LogP contribution in [0.5, 0.6) is 0 Å². The molecule has 18 heavy (non-hydrogen) atoms. The lowest BCUT2D eigenvalue weighted by molar-refractivity contribution is 0.102. The Balaban J connectivity index is 2.25. The molecule has 0 saturated heterocycles. The monoisotopic (exact) mass is 242 g/mol. The van der Waals surface area contributed by atoms with Gasteiger partial charge in [-0.05, 0) is 43.2 Å². The summed E-state index contributed by atoms with van der Waals surface area (Å²) in [4.78, 5) is 12.0. The van der Waals surface area contributed by atoms with Gasteiger partial charge in [-0.25, -0.2) is 0 Å². The number of hydrogen-bond acceptors (Lipinski definition) is 4. The zero-order valence-corrected chi connectivity index (χ0v) is 10.3. The minimum Gasteiger partial charge on any atom is -0.399 e. The minimum atomic E-state index is -0.211. The molecule has 3 N–H and O–H groups in total. The highest BCUT2D eigenvalue weighted by atomic mass is 16.1. The van der Waals surface area contributed by atoms with Crippen molar-refractivity contribution in [2.24, 2.45) is 0 Å². The summed E-state index contributed by atoms with van der Waals surface area (Å²) in [6.07, 6.45) is 2.91. The fourth-order valence-electron chi connectivity index (χ4n) is 1.59. The summed E-state index contributed by atoms with van der Waals surface area (Å²) in [5.74, 6) is -0.211. The fourth-order valence-corrected chi connectivity index (χ4v) is 1.59. The van der Waals surface area contributed by atoms with Crippen LogP contribution in [0, 0.1) is 13.8 Å². The summed E-state index contributed by atoms with van der Waals surface area (Å²) in [6, 6.07) is 5.31. The normalized spacial score (nSPS) is 10.1. The van der Waals surface area contributed by atoms with Gasteiger partial charge in [-0.3, -0.25) is 4.79 Å². The number of nitrogens with zero attached hydrogens (tertiary/aromatic N) is 2. The van der Waals surface area contributed by atoms with Crippen LogP contribution in [0.2, 0.25) is 0 Å². The number of amides is 1. The smallest absolute Gasteiger partial charge is 0.257 e. The van der Waals surface area contributed by atoms with E-state index in [4.69, 9.17) is 5.73 Å². The molecule has 0 bridgehead atoms. The van der Waals surface area contributed by atoms with Gasteiger partial charge < -0.3 is 11.1 Å². The zero-order chi connectivity index (χ0) is 13.1. The lowest BCUT2D eigenvalue weighted by Crippen LogP contribution is -2.13. The van der Waals surface area contributed by atoms with E-state index in [0.29, 0.717) is 5.56 Å². The lowest BCUT2D eigenvalue weighted by Gasteiger charge is -2.11. The zero-order valence-electron chi connectivity index (χ0n) is 10.3. The maximum absolute atomic E-state index is 12.0. The second kappa shape index (κ2) is 4.83. The Hall–Kier alpha value is -2.43. The third kappa shape index (κ3) is 2.45. The molecule has 0 fully saturated rings.